The molecule has 0 radical (unpaired) electrons. The molecule has 1 aliphatic heterocycles. The molecular weight excluding hydrogens is 383 g/mol. The maximum atomic E-state index is 13.2. The van der Waals surface area contributed by atoms with Gasteiger partial charge in [-0.3, -0.25) is 9.69 Å². The maximum absolute atomic E-state index is 13.2. The van der Waals surface area contributed by atoms with Crippen molar-refractivity contribution in [1.82, 2.24) is 14.5 Å². The first-order chi connectivity index (χ1) is 12.6. The van der Waals surface area contributed by atoms with E-state index in [2.05, 4.69) is 5.32 Å². The molecule has 2 fully saturated rings. The van der Waals surface area contributed by atoms with E-state index in [0.717, 1.165) is 29.3 Å². The van der Waals surface area contributed by atoms with Gasteiger partial charge in [0.25, 0.3) is 0 Å². The third-order valence-corrected chi connectivity index (χ3v) is 6.89. The predicted molar refractivity (Wildman–Crippen MR) is 92.4 cm³/mol. The number of alkyl halides is 3. The van der Waals surface area contributed by atoms with Crippen LogP contribution in [0.1, 0.15) is 25.3 Å². The molecule has 2 aliphatic rings. The number of nitrogens with zero attached hydrogens (tertiary/aromatic N) is 2. The van der Waals surface area contributed by atoms with Gasteiger partial charge in [-0.05, 0) is 31.9 Å². The van der Waals surface area contributed by atoms with Gasteiger partial charge in [-0.2, -0.15) is 17.5 Å². The predicted octanol–water partition coefficient (Wildman–Crippen LogP) is 1.68. The molecule has 1 saturated heterocycles. The Morgan fingerprint density at radius 2 is 1.74 bits per heavy atom. The molecule has 27 heavy (non-hydrogen) atoms. The summed E-state index contributed by atoms with van der Waals surface area (Å²) in [6, 6.07) is 4.03. The first-order valence-corrected chi connectivity index (χ1v) is 10.3. The Hall–Kier alpha value is -1.65. The Morgan fingerprint density at radius 3 is 2.30 bits per heavy atom. The van der Waals surface area contributed by atoms with E-state index in [0.29, 0.717) is 0 Å². The molecule has 0 unspecified atom stereocenters. The standard InChI is InChI=1S/C17H22F3N3O3S/c1-12(16(24)21-13-6-7-13)22-8-10-23(11-9-22)27(25,26)15-5-3-2-4-14(15)17(18,19)20/h2-5,12-13H,6-11H2,1H3,(H,21,24)/t12-/m0/s1. The maximum Gasteiger partial charge on any atom is 0.417 e. The molecule has 0 bridgehead atoms. The topological polar surface area (TPSA) is 69.7 Å². The van der Waals surface area contributed by atoms with Crippen LogP contribution in [0.2, 0.25) is 0 Å². The van der Waals surface area contributed by atoms with E-state index in [4.69, 9.17) is 0 Å². The Bertz CT molecular complexity index is 801. The van der Waals surface area contributed by atoms with Crippen molar-refractivity contribution in [3.05, 3.63) is 29.8 Å². The summed E-state index contributed by atoms with van der Waals surface area (Å²) >= 11 is 0. The zero-order chi connectivity index (χ0) is 19.8. The van der Waals surface area contributed by atoms with Gasteiger partial charge in [0.2, 0.25) is 15.9 Å². The van der Waals surface area contributed by atoms with Crippen molar-refractivity contribution in [1.29, 1.82) is 0 Å². The number of rotatable bonds is 5. The van der Waals surface area contributed by atoms with E-state index in [1.807, 2.05) is 4.90 Å². The van der Waals surface area contributed by atoms with Crippen LogP contribution < -0.4 is 5.32 Å². The lowest BCUT2D eigenvalue weighted by Crippen LogP contribution is -2.55. The van der Waals surface area contributed by atoms with Gasteiger partial charge in [-0.1, -0.05) is 12.1 Å². The van der Waals surface area contributed by atoms with Crippen LogP contribution in [-0.2, 0) is 21.0 Å². The molecule has 1 aliphatic carbocycles. The summed E-state index contributed by atoms with van der Waals surface area (Å²) < 4.78 is 66.1. The summed E-state index contributed by atoms with van der Waals surface area (Å²) in [6.45, 7) is 2.39. The molecule has 1 heterocycles. The zero-order valence-corrected chi connectivity index (χ0v) is 15.7. The number of benzene rings is 1. The van der Waals surface area contributed by atoms with Crippen LogP contribution in [0.3, 0.4) is 0 Å². The van der Waals surface area contributed by atoms with Crippen molar-refractivity contribution < 1.29 is 26.4 Å². The van der Waals surface area contributed by atoms with E-state index in [-0.39, 0.29) is 38.1 Å². The van der Waals surface area contributed by atoms with Gasteiger partial charge in [0.15, 0.2) is 0 Å². The number of nitrogens with one attached hydrogen (secondary N) is 1. The fourth-order valence-electron chi connectivity index (χ4n) is 3.11. The van der Waals surface area contributed by atoms with Crippen molar-refractivity contribution >= 4 is 15.9 Å². The van der Waals surface area contributed by atoms with E-state index in [1.54, 1.807) is 6.92 Å². The third-order valence-electron chi connectivity index (χ3n) is 4.93. The number of sulfonamides is 1. The fraction of sp³-hybridized carbons (Fsp3) is 0.588. The summed E-state index contributed by atoms with van der Waals surface area (Å²) in [4.78, 5) is 13.3. The Balaban J connectivity index is 1.69. The molecule has 6 nitrogen and oxygen atoms in total. The van der Waals surface area contributed by atoms with Crippen molar-refractivity contribution in [3.63, 3.8) is 0 Å². The zero-order valence-electron chi connectivity index (χ0n) is 14.9. The molecule has 0 aromatic heterocycles. The minimum Gasteiger partial charge on any atom is -0.352 e. The highest BCUT2D eigenvalue weighted by atomic mass is 32.2. The minimum atomic E-state index is -4.75. The second-order valence-electron chi connectivity index (χ2n) is 6.89. The molecule has 10 heteroatoms. The van der Waals surface area contributed by atoms with E-state index < -0.39 is 32.7 Å². The summed E-state index contributed by atoms with van der Waals surface area (Å²) in [5.74, 6) is -0.101. The quantitative estimate of drug-likeness (QED) is 0.809. The van der Waals surface area contributed by atoms with Gasteiger partial charge in [0.05, 0.1) is 16.5 Å². The lowest BCUT2D eigenvalue weighted by atomic mass is 10.2. The molecule has 150 valence electrons. The SMILES string of the molecule is C[C@@H](C(=O)NC1CC1)N1CCN(S(=O)(=O)c2ccccc2C(F)(F)F)CC1. The van der Waals surface area contributed by atoms with Crippen molar-refractivity contribution in [3.8, 4) is 0 Å². The lowest BCUT2D eigenvalue weighted by molar-refractivity contribution is -0.140. The highest BCUT2D eigenvalue weighted by molar-refractivity contribution is 7.89. The smallest absolute Gasteiger partial charge is 0.352 e. The Labute approximate surface area is 156 Å². The second kappa shape index (κ2) is 7.40. The molecule has 1 aromatic rings. The van der Waals surface area contributed by atoms with Crippen LogP contribution in [0.15, 0.2) is 29.2 Å². The van der Waals surface area contributed by atoms with Gasteiger partial charge in [0.1, 0.15) is 0 Å². The average Bonchev–Trinajstić information content (AvgIpc) is 3.44. The van der Waals surface area contributed by atoms with Crippen molar-refractivity contribution in [2.24, 2.45) is 0 Å². The Morgan fingerprint density at radius 1 is 1.15 bits per heavy atom. The van der Waals surface area contributed by atoms with Crippen LogP contribution >= 0.6 is 0 Å². The molecule has 0 spiro atoms. The van der Waals surface area contributed by atoms with Gasteiger partial charge >= 0.3 is 6.18 Å². The molecular formula is C17H22F3N3O3S. The fourth-order valence-corrected chi connectivity index (χ4v) is 4.75. The molecule has 1 saturated carbocycles. The van der Waals surface area contributed by atoms with Gasteiger partial charge in [-0.15, -0.1) is 0 Å². The van der Waals surface area contributed by atoms with Gasteiger partial charge < -0.3 is 5.32 Å². The first-order valence-electron chi connectivity index (χ1n) is 8.81. The number of piperazine rings is 1. The van der Waals surface area contributed by atoms with E-state index in [9.17, 15) is 26.4 Å². The highest BCUT2D eigenvalue weighted by Crippen LogP contribution is 2.35. The summed E-state index contributed by atoms with van der Waals surface area (Å²) in [7, 11) is -4.27. The van der Waals surface area contributed by atoms with Crippen LogP contribution in [0, 0.1) is 0 Å². The average molecular weight is 405 g/mol. The number of hydrogen-bond donors (Lipinski definition) is 1. The number of halogens is 3. The highest BCUT2D eigenvalue weighted by Gasteiger charge is 2.40. The van der Waals surface area contributed by atoms with Crippen LogP contribution in [0.5, 0.6) is 0 Å². The van der Waals surface area contributed by atoms with E-state index in [1.165, 1.54) is 12.1 Å². The largest absolute Gasteiger partial charge is 0.417 e. The summed E-state index contributed by atoms with van der Waals surface area (Å²) in [5, 5.41) is 2.90. The normalized spacial score (nSPS) is 21.0. The lowest BCUT2D eigenvalue weighted by Gasteiger charge is -2.37. The first kappa shape index (κ1) is 20.1. The van der Waals surface area contributed by atoms with E-state index >= 15 is 0 Å². The van der Waals surface area contributed by atoms with Gasteiger partial charge in [-0.25, -0.2) is 8.42 Å². The number of carbonyl (C=O) groups excluding carboxylic acids is 1. The molecule has 1 amide bonds. The third kappa shape index (κ3) is 4.44. The summed E-state index contributed by atoms with van der Waals surface area (Å²) in [5.41, 5.74) is -1.16. The second-order valence-corrected chi connectivity index (χ2v) is 8.80. The van der Waals surface area contributed by atoms with Crippen LogP contribution in [0.25, 0.3) is 0 Å². The number of carbonyl (C=O) groups is 1. The van der Waals surface area contributed by atoms with Crippen LogP contribution in [0.4, 0.5) is 13.2 Å². The van der Waals surface area contributed by atoms with Crippen molar-refractivity contribution in [2.45, 2.75) is 42.9 Å². The molecule has 3 rings (SSSR count). The van der Waals surface area contributed by atoms with Gasteiger partial charge in [0, 0.05) is 32.2 Å². The summed E-state index contributed by atoms with van der Waals surface area (Å²) in [6.07, 6.45) is -2.80. The minimum absolute atomic E-state index is 0.0373. The number of amides is 1. The Kier molecular flexibility index (Phi) is 5.51. The monoisotopic (exact) mass is 405 g/mol. The molecule has 1 N–H and O–H groups in total. The van der Waals surface area contributed by atoms with Crippen LogP contribution in [-0.4, -0.2) is 61.8 Å². The van der Waals surface area contributed by atoms with Crippen molar-refractivity contribution in [2.75, 3.05) is 26.2 Å². The molecule has 1 atom stereocenters. The number of hydrogen-bond acceptors (Lipinski definition) is 4. The molecule has 1 aromatic carbocycles.